The molecule has 0 radical (unpaired) electrons. The number of hydrogen-bond donors (Lipinski definition) is 4. The van der Waals surface area contributed by atoms with Crippen molar-refractivity contribution in [3.8, 4) is 5.88 Å². The molecule has 2 amide bonds. The molecule has 0 aliphatic heterocycles. The summed E-state index contributed by atoms with van der Waals surface area (Å²) in [6, 6.07) is 10.6. The second-order valence-electron chi connectivity index (χ2n) is 5.99. The highest BCUT2D eigenvalue weighted by Crippen LogP contribution is 2.23. The van der Waals surface area contributed by atoms with Crippen LogP contribution in [-0.4, -0.2) is 45.7 Å². The fourth-order valence-electron chi connectivity index (χ4n) is 2.46. The minimum Gasteiger partial charge on any atom is -0.473 e. The fourth-order valence-corrected chi connectivity index (χ4v) is 2.46. The second-order valence-corrected chi connectivity index (χ2v) is 5.99. The van der Waals surface area contributed by atoms with Gasteiger partial charge in [0, 0.05) is 12.3 Å². The first kappa shape index (κ1) is 18.6. The summed E-state index contributed by atoms with van der Waals surface area (Å²) in [5, 5.41) is 22.0. The van der Waals surface area contributed by atoms with Gasteiger partial charge in [-0.3, -0.25) is 10.4 Å². The number of carbonyl (C=O) groups excluding carboxylic acids is 1. The summed E-state index contributed by atoms with van der Waals surface area (Å²) in [6.07, 6.45) is 0.271. The summed E-state index contributed by atoms with van der Waals surface area (Å²) < 4.78 is 17.5. The second kappa shape index (κ2) is 8.45. The molecular weight excluding hydrogens is 353 g/mol. The van der Waals surface area contributed by atoms with Crippen molar-refractivity contribution in [2.24, 2.45) is 0 Å². The number of ether oxygens (including phenoxy) is 1. The summed E-state index contributed by atoms with van der Waals surface area (Å²) in [7, 11) is 0. The van der Waals surface area contributed by atoms with Gasteiger partial charge in [-0.25, -0.2) is 14.2 Å². The number of aromatic amines is 1. The van der Waals surface area contributed by atoms with E-state index in [0.29, 0.717) is 16.7 Å². The number of aromatic nitrogens is 3. The van der Waals surface area contributed by atoms with Crippen molar-refractivity contribution in [2.75, 3.05) is 18.6 Å². The lowest BCUT2D eigenvalue weighted by Gasteiger charge is -2.14. The van der Waals surface area contributed by atoms with Crippen molar-refractivity contribution in [3.63, 3.8) is 0 Å². The van der Waals surface area contributed by atoms with Crippen LogP contribution in [0.15, 0.2) is 42.6 Å². The molecule has 0 bridgehead atoms. The smallest absolute Gasteiger partial charge is 0.320 e. The molecule has 0 spiro atoms. The highest BCUT2D eigenvalue weighted by atomic mass is 19.1. The van der Waals surface area contributed by atoms with Crippen LogP contribution in [0.4, 0.5) is 15.0 Å². The lowest BCUT2D eigenvalue weighted by Crippen LogP contribution is -2.31. The van der Waals surface area contributed by atoms with Crippen molar-refractivity contribution in [3.05, 3.63) is 48.2 Å². The Morgan fingerprint density at radius 3 is 2.89 bits per heavy atom. The van der Waals surface area contributed by atoms with E-state index >= 15 is 0 Å². The van der Waals surface area contributed by atoms with Crippen molar-refractivity contribution in [1.29, 1.82) is 0 Å². The Morgan fingerprint density at radius 1 is 1.37 bits per heavy atom. The molecule has 2 heterocycles. The minimum atomic E-state index is -1.21. The van der Waals surface area contributed by atoms with Crippen LogP contribution in [0, 0.1) is 0 Å². The zero-order chi connectivity index (χ0) is 19.2. The number of aliphatic hydroxyl groups is 1. The van der Waals surface area contributed by atoms with E-state index in [2.05, 4.69) is 25.8 Å². The number of anilines is 1. The summed E-state index contributed by atoms with van der Waals surface area (Å²) in [4.78, 5) is 16.3. The maximum atomic E-state index is 12.3. The zero-order valence-corrected chi connectivity index (χ0v) is 14.6. The third-order valence-electron chi connectivity index (χ3n) is 3.89. The monoisotopic (exact) mass is 373 g/mol. The maximum absolute atomic E-state index is 12.3. The summed E-state index contributed by atoms with van der Waals surface area (Å²) in [5.74, 6) is 0.540. The third-order valence-corrected chi connectivity index (χ3v) is 3.89. The summed E-state index contributed by atoms with van der Waals surface area (Å²) in [6.45, 7) is 0.775. The molecule has 0 fully saturated rings. The SMILES string of the molecule is C[C@@H](NC(=O)Nc1cc2[nH]nc(OCC(O)CF)c2cn1)c1ccccc1. The molecule has 3 aromatic rings. The molecule has 0 aliphatic rings. The number of amides is 2. The minimum absolute atomic E-state index is 0.163. The molecule has 0 saturated heterocycles. The number of urea groups is 1. The van der Waals surface area contributed by atoms with Gasteiger partial charge in [-0.2, -0.15) is 0 Å². The van der Waals surface area contributed by atoms with Crippen LogP contribution in [0.25, 0.3) is 10.9 Å². The fraction of sp³-hybridized carbons (Fsp3) is 0.278. The Bertz CT molecular complexity index is 902. The van der Waals surface area contributed by atoms with Gasteiger partial charge in [0.1, 0.15) is 25.2 Å². The first-order chi connectivity index (χ1) is 13.1. The third kappa shape index (κ3) is 4.70. The number of H-pyrrole nitrogens is 1. The van der Waals surface area contributed by atoms with E-state index in [1.165, 1.54) is 6.20 Å². The highest BCUT2D eigenvalue weighted by Gasteiger charge is 2.13. The molecule has 4 N–H and O–H groups in total. The van der Waals surface area contributed by atoms with Crippen molar-refractivity contribution < 1.29 is 19.0 Å². The van der Waals surface area contributed by atoms with Gasteiger partial charge in [-0.05, 0) is 12.5 Å². The average molecular weight is 373 g/mol. The number of carbonyl (C=O) groups is 1. The number of nitrogens with one attached hydrogen (secondary N) is 3. The molecule has 0 aliphatic carbocycles. The molecule has 1 unspecified atom stereocenters. The molecule has 3 rings (SSSR count). The van der Waals surface area contributed by atoms with Gasteiger partial charge in [0.05, 0.1) is 16.9 Å². The molecule has 8 nitrogen and oxygen atoms in total. The molecule has 27 heavy (non-hydrogen) atoms. The Kier molecular flexibility index (Phi) is 5.82. The number of hydrogen-bond acceptors (Lipinski definition) is 5. The molecule has 0 saturated carbocycles. The first-order valence-corrected chi connectivity index (χ1v) is 8.40. The summed E-state index contributed by atoms with van der Waals surface area (Å²) in [5.41, 5.74) is 1.57. The highest BCUT2D eigenvalue weighted by molar-refractivity contribution is 5.92. The Labute approximate surface area is 154 Å². The van der Waals surface area contributed by atoms with Gasteiger partial charge in [0.2, 0.25) is 5.88 Å². The van der Waals surface area contributed by atoms with Crippen molar-refractivity contribution in [1.82, 2.24) is 20.5 Å². The molecular formula is C18H20FN5O3. The van der Waals surface area contributed by atoms with E-state index in [-0.39, 0.29) is 24.6 Å². The Balaban J connectivity index is 1.63. The number of alkyl halides is 1. The van der Waals surface area contributed by atoms with Crippen LogP contribution in [0.5, 0.6) is 5.88 Å². The number of benzene rings is 1. The predicted molar refractivity (Wildman–Crippen MR) is 98.4 cm³/mol. The van der Waals surface area contributed by atoms with Crippen LogP contribution in [-0.2, 0) is 0 Å². The standard InChI is InChI=1S/C18H20FN5O3/c1-11(12-5-3-2-4-6-12)21-18(26)22-16-7-15-14(9-20-16)17(24-23-15)27-10-13(25)8-19/h2-7,9,11,13,25H,8,10H2,1H3,(H,23,24)(H2,20,21,22,26)/t11-,13?/m1/s1. The number of aliphatic hydroxyl groups excluding tert-OH is 1. The van der Waals surface area contributed by atoms with Crippen LogP contribution in [0.1, 0.15) is 18.5 Å². The molecule has 142 valence electrons. The van der Waals surface area contributed by atoms with E-state index in [0.717, 1.165) is 5.56 Å². The quantitative estimate of drug-likeness (QED) is 0.508. The molecule has 2 aromatic heterocycles. The number of pyridine rings is 1. The number of halogens is 1. The Morgan fingerprint density at radius 2 is 2.15 bits per heavy atom. The largest absolute Gasteiger partial charge is 0.473 e. The molecule has 1 aromatic carbocycles. The predicted octanol–water partition coefficient (Wildman–Crippen LogP) is 2.55. The average Bonchev–Trinajstić information content (AvgIpc) is 3.08. The van der Waals surface area contributed by atoms with Crippen LogP contribution in [0.3, 0.4) is 0 Å². The van der Waals surface area contributed by atoms with Gasteiger partial charge in [0.25, 0.3) is 0 Å². The van der Waals surface area contributed by atoms with Gasteiger partial charge in [0.15, 0.2) is 0 Å². The topological polar surface area (TPSA) is 112 Å². The summed E-state index contributed by atoms with van der Waals surface area (Å²) >= 11 is 0. The van der Waals surface area contributed by atoms with Crippen LogP contribution >= 0.6 is 0 Å². The number of rotatable bonds is 7. The van der Waals surface area contributed by atoms with Gasteiger partial charge >= 0.3 is 6.03 Å². The van der Waals surface area contributed by atoms with Crippen molar-refractivity contribution in [2.45, 2.75) is 19.1 Å². The molecule has 9 heteroatoms. The number of fused-ring (bicyclic) bond motifs is 1. The normalized spacial score (nSPS) is 13.1. The van der Waals surface area contributed by atoms with E-state index in [4.69, 9.17) is 4.74 Å². The maximum Gasteiger partial charge on any atom is 0.320 e. The van der Waals surface area contributed by atoms with Crippen LogP contribution in [0.2, 0.25) is 0 Å². The van der Waals surface area contributed by atoms with Gasteiger partial charge < -0.3 is 15.2 Å². The first-order valence-electron chi connectivity index (χ1n) is 8.40. The zero-order valence-electron chi connectivity index (χ0n) is 14.6. The lowest BCUT2D eigenvalue weighted by atomic mass is 10.1. The molecule has 2 atom stereocenters. The lowest BCUT2D eigenvalue weighted by molar-refractivity contribution is 0.0827. The van der Waals surface area contributed by atoms with Gasteiger partial charge in [-0.1, -0.05) is 30.3 Å². The Hall–Kier alpha value is -3.20. The number of nitrogens with zero attached hydrogens (tertiary/aromatic N) is 2. The van der Waals surface area contributed by atoms with E-state index in [9.17, 15) is 14.3 Å². The van der Waals surface area contributed by atoms with E-state index in [1.54, 1.807) is 6.07 Å². The van der Waals surface area contributed by atoms with Crippen molar-refractivity contribution >= 4 is 22.8 Å². The van der Waals surface area contributed by atoms with E-state index < -0.39 is 12.8 Å². The van der Waals surface area contributed by atoms with Crippen LogP contribution < -0.4 is 15.4 Å². The van der Waals surface area contributed by atoms with E-state index in [1.807, 2.05) is 37.3 Å². The van der Waals surface area contributed by atoms with Gasteiger partial charge in [-0.15, -0.1) is 5.10 Å².